The molecule has 2 aromatic carbocycles. The maximum atomic E-state index is 13.3. The van der Waals surface area contributed by atoms with Gasteiger partial charge in [-0.05, 0) is 18.2 Å². The fraction of sp³-hybridized carbons (Fsp3) is 0.292. The van der Waals surface area contributed by atoms with Crippen molar-refractivity contribution in [2.75, 3.05) is 25.7 Å². The summed E-state index contributed by atoms with van der Waals surface area (Å²) in [6.45, 7) is 0.303. The quantitative estimate of drug-likeness (QED) is 0.618. The maximum absolute atomic E-state index is 13.3. The molecular weight excluding hydrogens is 408 g/mol. The van der Waals surface area contributed by atoms with E-state index in [2.05, 4.69) is 10.3 Å². The van der Waals surface area contributed by atoms with Crippen molar-refractivity contribution in [3.8, 4) is 11.5 Å². The van der Waals surface area contributed by atoms with Crippen molar-refractivity contribution in [1.82, 2.24) is 14.9 Å². The lowest BCUT2D eigenvalue weighted by molar-refractivity contribution is -0.126. The van der Waals surface area contributed by atoms with E-state index in [-0.39, 0.29) is 18.2 Å². The van der Waals surface area contributed by atoms with Crippen LogP contribution in [0.4, 0.5) is 5.69 Å². The molecule has 1 N–H and O–H groups in total. The van der Waals surface area contributed by atoms with Crippen LogP contribution in [-0.2, 0) is 16.6 Å². The van der Waals surface area contributed by atoms with Gasteiger partial charge in [-0.1, -0.05) is 24.3 Å². The van der Waals surface area contributed by atoms with Crippen LogP contribution in [0.1, 0.15) is 23.9 Å². The first kappa shape index (κ1) is 21.4. The third-order valence-corrected chi connectivity index (χ3v) is 5.71. The number of carbonyl (C=O) groups excluding carboxylic acids is 2. The van der Waals surface area contributed by atoms with E-state index in [4.69, 9.17) is 9.47 Å². The van der Waals surface area contributed by atoms with E-state index in [1.807, 2.05) is 60.3 Å². The number of methoxy groups -OCH3 is 2. The van der Waals surface area contributed by atoms with Gasteiger partial charge in [0, 0.05) is 49.7 Å². The van der Waals surface area contributed by atoms with E-state index < -0.39 is 12.0 Å². The second-order valence-electron chi connectivity index (χ2n) is 7.69. The van der Waals surface area contributed by atoms with Gasteiger partial charge in [0.1, 0.15) is 23.4 Å². The minimum absolute atomic E-state index is 0.0933. The van der Waals surface area contributed by atoms with Gasteiger partial charge in [0.15, 0.2) is 0 Å². The number of benzene rings is 2. The third-order valence-electron chi connectivity index (χ3n) is 5.71. The van der Waals surface area contributed by atoms with Crippen LogP contribution in [0, 0.1) is 5.92 Å². The van der Waals surface area contributed by atoms with Gasteiger partial charge in [-0.2, -0.15) is 0 Å². The van der Waals surface area contributed by atoms with Gasteiger partial charge in [0.05, 0.1) is 20.1 Å². The van der Waals surface area contributed by atoms with Crippen LogP contribution in [0.3, 0.4) is 0 Å². The average molecular weight is 434 g/mol. The zero-order valence-electron chi connectivity index (χ0n) is 18.3. The number of hydrogen-bond acceptors (Lipinski definition) is 5. The summed E-state index contributed by atoms with van der Waals surface area (Å²) >= 11 is 0. The minimum Gasteiger partial charge on any atom is -0.497 e. The van der Waals surface area contributed by atoms with Gasteiger partial charge >= 0.3 is 0 Å². The molecule has 0 radical (unpaired) electrons. The van der Waals surface area contributed by atoms with E-state index in [9.17, 15) is 9.59 Å². The normalized spacial score (nSPS) is 16.7. The minimum atomic E-state index is -0.514. The smallest absolute Gasteiger partial charge is 0.227 e. The second-order valence-corrected chi connectivity index (χ2v) is 7.69. The van der Waals surface area contributed by atoms with Crippen LogP contribution in [0.5, 0.6) is 11.5 Å². The number of amides is 2. The largest absolute Gasteiger partial charge is 0.497 e. The van der Waals surface area contributed by atoms with Gasteiger partial charge in [-0.25, -0.2) is 4.98 Å². The van der Waals surface area contributed by atoms with Gasteiger partial charge < -0.3 is 24.3 Å². The summed E-state index contributed by atoms with van der Waals surface area (Å²) in [6, 6.07) is 14.3. The zero-order chi connectivity index (χ0) is 22.7. The molecular formula is C24H26N4O4. The number of anilines is 1. The highest BCUT2D eigenvalue weighted by molar-refractivity contribution is 6.00. The van der Waals surface area contributed by atoms with E-state index >= 15 is 0 Å². The lowest BCUT2D eigenvalue weighted by atomic mass is 10.0. The zero-order valence-corrected chi connectivity index (χ0v) is 18.3. The lowest BCUT2D eigenvalue weighted by Crippen LogP contribution is -2.37. The van der Waals surface area contributed by atoms with Crippen LogP contribution < -0.4 is 19.7 Å². The Balaban J connectivity index is 1.58. The molecule has 2 amide bonds. The Kier molecular flexibility index (Phi) is 6.11. The molecule has 1 aromatic heterocycles. The van der Waals surface area contributed by atoms with Crippen molar-refractivity contribution in [1.29, 1.82) is 0 Å². The summed E-state index contributed by atoms with van der Waals surface area (Å²) in [4.78, 5) is 32.1. The van der Waals surface area contributed by atoms with Crippen molar-refractivity contribution < 1.29 is 19.1 Å². The molecule has 2 atom stereocenters. The van der Waals surface area contributed by atoms with Crippen molar-refractivity contribution in [2.45, 2.75) is 12.5 Å². The van der Waals surface area contributed by atoms with Gasteiger partial charge in [0.25, 0.3) is 0 Å². The number of para-hydroxylation sites is 1. The third kappa shape index (κ3) is 4.16. The van der Waals surface area contributed by atoms with Gasteiger partial charge in [0.2, 0.25) is 11.8 Å². The molecule has 4 rings (SSSR count). The highest BCUT2D eigenvalue weighted by Crippen LogP contribution is 2.31. The molecule has 3 aromatic rings. The standard InChI is InChI=1S/C24H26N4O4/c1-27-12-11-25-23(27)22(19-9-4-5-10-20(19)32-3)26-24(30)16-13-21(29)28(15-16)17-7-6-8-18(14-17)31-2/h4-12,14,16,22H,13,15H2,1-3H3,(H,26,30). The summed E-state index contributed by atoms with van der Waals surface area (Å²) in [5.74, 6) is 1.21. The molecule has 1 aliphatic rings. The first-order chi connectivity index (χ1) is 15.5. The van der Waals surface area contributed by atoms with Crippen LogP contribution >= 0.6 is 0 Å². The molecule has 1 saturated heterocycles. The molecule has 0 aliphatic carbocycles. The Morgan fingerprint density at radius 2 is 1.97 bits per heavy atom. The predicted octanol–water partition coefficient (Wildman–Crippen LogP) is 2.70. The Morgan fingerprint density at radius 1 is 1.16 bits per heavy atom. The molecule has 32 heavy (non-hydrogen) atoms. The van der Waals surface area contributed by atoms with E-state index in [1.54, 1.807) is 31.4 Å². The highest BCUT2D eigenvalue weighted by atomic mass is 16.5. The Hall–Kier alpha value is -3.81. The first-order valence-electron chi connectivity index (χ1n) is 10.4. The van der Waals surface area contributed by atoms with Crippen LogP contribution in [-0.4, -0.2) is 42.1 Å². The molecule has 0 bridgehead atoms. The van der Waals surface area contributed by atoms with Crippen molar-refractivity contribution in [3.05, 3.63) is 72.3 Å². The van der Waals surface area contributed by atoms with Gasteiger partial charge in [-0.15, -0.1) is 0 Å². The average Bonchev–Trinajstić information content (AvgIpc) is 3.42. The second kappa shape index (κ2) is 9.13. The summed E-state index contributed by atoms with van der Waals surface area (Å²) in [6.07, 6.45) is 3.66. The van der Waals surface area contributed by atoms with Crippen LogP contribution in [0.2, 0.25) is 0 Å². The summed E-state index contributed by atoms with van der Waals surface area (Å²) in [5, 5.41) is 3.10. The van der Waals surface area contributed by atoms with Crippen molar-refractivity contribution in [3.63, 3.8) is 0 Å². The molecule has 1 fully saturated rings. The van der Waals surface area contributed by atoms with Crippen LogP contribution in [0.25, 0.3) is 0 Å². The molecule has 1 aliphatic heterocycles. The fourth-order valence-electron chi connectivity index (χ4n) is 4.01. The van der Waals surface area contributed by atoms with E-state index in [0.717, 1.165) is 11.3 Å². The first-order valence-corrected chi connectivity index (χ1v) is 10.4. The fourth-order valence-corrected chi connectivity index (χ4v) is 4.01. The van der Waals surface area contributed by atoms with Crippen LogP contribution in [0.15, 0.2) is 60.9 Å². The number of carbonyl (C=O) groups is 2. The van der Waals surface area contributed by atoms with Gasteiger partial charge in [-0.3, -0.25) is 9.59 Å². The molecule has 2 heterocycles. The Labute approximate surface area is 186 Å². The number of ether oxygens (including phenoxy) is 2. The molecule has 8 heteroatoms. The summed E-state index contributed by atoms with van der Waals surface area (Å²) < 4.78 is 12.6. The molecule has 8 nitrogen and oxygen atoms in total. The molecule has 2 unspecified atom stereocenters. The number of imidazole rings is 1. The Bertz CT molecular complexity index is 1130. The summed E-state index contributed by atoms with van der Waals surface area (Å²) in [7, 11) is 5.05. The highest BCUT2D eigenvalue weighted by Gasteiger charge is 2.37. The topological polar surface area (TPSA) is 85.7 Å². The van der Waals surface area contributed by atoms with Crippen molar-refractivity contribution in [2.24, 2.45) is 13.0 Å². The number of nitrogens with zero attached hydrogens (tertiary/aromatic N) is 3. The maximum Gasteiger partial charge on any atom is 0.227 e. The summed E-state index contributed by atoms with van der Waals surface area (Å²) in [5.41, 5.74) is 1.52. The molecule has 166 valence electrons. The molecule has 0 spiro atoms. The number of aryl methyl sites for hydroxylation is 1. The lowest BCUT2D eigenvalue weighted by Gasteiger charge is -2.23. The Morgan fingerprint density at radius 3 is 2.69 bits per heavy atom. The monoisotopic (exact) mass is 434 g/mol. The number of rotatable bonds is 7. The van der Waals surface area contributed by atoms with Crippen molar-refractivity contribution >= 4 is 17.5 Å². The number of hydrogen-bond donors (Lipinski definition) is 1. The predicted molar refractivity (Wildman–Crippen MR) is 120 cm³/mol. The number of nitrogens with one attached hydrogen (secondary N) is 1. The van der Waals surface area contributed by atoms with E-state index in [1.165, 1.54) is 0 Å². The number of aromatic nitrogens is 2. The molecule has 0 saturated carbocycles. The SMILES string of the molecule is COc1cccc(N2CC(C(=O)NC(c3ccccc3OC)c3nccn3C)CC2=O)c1. The van der Waals surface area contributed by atoms with E-state index in [0.29, 0.717) is 23.9 Å².